The molecule has 2 aliphatic carbocycles. The van der Waals surface area contributed by atoms with E-state index < -0.39 is 0 Å². The number of halogens is 2. The highest BCUT2D eigenvalue weighted by Crippen LogP contribution is 2.57. The van der Waals surface area contributed by atoms with Crippen molar-refractivity contribution in [3.8, 4) is 0 Å². The van der Waals surface area contributed by atoms with Crippen LogP contribution in [0, 0.1) is 23.7 Å². The number of allylic oxidation sites excluding steroid dienone is 4. The smallest absolute Gasteiger partial charge is 0.238 e. The highest BCUT2D eigenvalue weighted by molar-refractivity contribution is 6.38. The second-order valence-electron chi connectivity index (χ2n) is 6.55. The van der Waals surface area contributed by atoms with Gasteiger partial charge in [-0.05, 0) is 32.0 Å². The summed E-state index contributed by atoms with van der Waals surface area (Å²) >= 11 is 12.1. The quantitative estimate of drug-likeness (QED) is 0.562. The van der Waals surface area contributed by atoms with Crippen molar-refractivity contribution in [2.45, 2.75) is 13.8 Å². The van der Waals surface area contributed by atoms with E-state index in [-0.39, 0.29) is 35.5 Å². The number of anilines is 1. The summed E-state index contributed by atoms with van der Waals surface area (Å²) in [6.07, 6.45) is 4.15. The summed E-state index contributed by atoms with van der Waals surface area (Å²) in [5, 5.41) is 0.800. The van der Waals surface area contributed by atoms with Crippen molar-refractivity contribution < 1.29 is 9.59 Å². The molecule has 0 unspecified atom stereocenters. The number of carbonyl (C=O) groups is 2. The number of hydrogen-bond acceptors (Lipinski definition) is 2. The van der Waals surface area contributed by atoms with Crippen molar-refractivity contribution in [3.05, 3.63) is 51.5 Å². The van der Waals surface area contributed by atoms with Gasteiger partial charge in [0.15, 0.2) is 0 Å². The Hall–Kier alpha value is -1.58. The Kier molecular flexibility index (Phi) is 3.23. The lowest BCUT2D eigenvalue weighted by Gasteiger charge is -2.20. The van der Waals surface area contributed by atoms with Crippen LogP contribution in [0.3, 0.4) is 0 Å². The maximum Gasteiger partial charge on any atom is 0.238 e. The van der Waals surface area contributed by atoms with Crippen molar-refractivity contribution in [2.75, 3.05) is 4.90 Å². The molecule has 2 amide bonds. The van der Waals surface area contributed by atoms with Crippen LogP contribution < -0.4 is 4.90 Å². The molecule has 4 atom stereocenters. The minimum atomic E-state index is -0.297. The first kappa shape index (κ1) is 15.0. The van der Waals surface area contributed by atoms with E-state index in [4.69, 9.17) is 23.2 Å². The summed E-state index contributed by atoms with van der Waals surface area (Å²) in [5.41, 5.74) is 2.87. The summed E-state index contributed by atoms with van der Waals surface area (Å²) in [5.74, 6) is -0.812. The number of imide groups is 1. The molecule has 1 saturated carbocycles. The highest BCUT2D eigenvalue weighted by atomic mass is 35.5. The maximum atomic E-state index is 12.9. The zero-order valence-electron chi connectivity index (χ0n) is 12.7. The van der Waals surface area contributed by atoms with E-state index in [1.807, 2.05) is 13.8 Å². The molecule has 3 nitrogen and oxygen atoms in total. The van der Waals surface area contributed by atoms with Gasteiger partial charge in [0, 0.05) is 16.9 Å². The van der Waals surface area contributed by atoms with Gasteiger partial charge < -0.3 is 0 Å². The average molecular weight is 348 g/mol. The second-order valence-corrected chi connectivity index (χ2v) is 7.39. The Morgan fingerprint density at radius 1 is 1.00 bits per heavy atom. The van der Waals surface area contributed by atoms with Crippen LogP contribution in [0.1, 0.15) is 13.8 Å². The van der Waals surface area contributed by atoms with Crippen LogP contribution >= 0.6 is 23.2 Å². The van der Waals surface area contributed by atoms with Crippen LogP contribution in [-0.4, -0.2) is 11.8 Å². The van der Waals surface area contributed by atoms with Gasteiger partial charge in [-0.25, -0.2) is 4.90 Å². The summed E-state index contributed by atoms with van der Waals surface area (Å²) in [4.78, 5) is 27.2. The molecule has 4 rings (SSSR count). The normalized spacial score (nSPS) is 31.3. The molecule has 0 spiro atoms. The third kappa shape index (κ3) is 1.90. The van der Waals surface area contributed by atoms with Crippen LogP contribution in [0.2, 0.25) is 10.0 Å². The zero-order valence-corrected chi connectivity index (χ0v) is 14.2. The van der Waals surface area contributed by atoms with Crippen molar-refractivity contribution in [1.82, 2.24) is 0 Å². The van der Waals surface area contributed by atoms with Gasteiger partial charge >= 0.3 is 0 Å². The van der Waals surface area contributed by atoms with Crippen molar-refractivity contribution in [2.24, 2.45) is 23.7 Å². The summed E-state index contributed by atoms with van der Waals surface area (Å²) in [7, 11) is 0. The molecule has 1 saturated heterocycles. The number of fused-ring (bicyclic) bond motifs is 5. The number of benzene rings is 1. The summed E-state index contributed by atoms with van der Waals surface area (Å²) in [6.45, 7) is 4.10. The molecule has 1 aliphatic heterocycles. The molecule has 2 fully saturated rings. The first-order valence-electron chi connectivity index (χ1n) is 7.60. The Balaban J connectivity index is 1.79. The number of hydrogen-bond donors (Lipinski definition) is 0. The van der Waals surface area contributed by atoms with Gasteiger partial charge in [-0.3, -0.25) is 9.59 Å². The van der Waals surface area contributed by atoms with E-state index in [0.29, 0.717) is 15.7 Å². The van der Waals surface area contributed by atoms with Crippen LogP contribution in [0.25, 0.3) is 0 Å². The van der Waals surface area contributed by atoms with Gasteiger partial charge in [0.05, 0.1) is 22.5 Å². The largest absolute Gasteiger partial charge is 0.274 e. The molecule has 1 aromatic carbocycles. The number of amides is 2. The third-order valence-corrected chi connectivity index (χ3v) is 5.68. The molecule has 0 N–H and O–H groups in total. The molecule has 0 aromatic heterocycles. The molecule has 1 aromatic rings. The summed E-state index contributed by atoms with van der Waals surface area (Å²) in [6, 6.07) is 4.84. The van der Waals surface area contributed by atoms with E-state index in [2.05, 4.69) is 12.2 Å². The second kappa shape index (κ2) is 4.96. The molecular formula is C18H15Cl2NO2. The van der Waals surface area contributed by atoms with Crippen molar-refractivity contribution >= 4 is 40.7 Å². The fraction of sp³-hybridized carbons (Fsp3) is 0.333. The zero-order chi connectivity index (χ0) is 16.5. The minimum Gasteiger partial charge on any atom is -0.274 e. The monoisotopic (exact) mass is 347 g/mol. The SMILES string of the molecule is CC(C)=C1[C@H]2C=C[C@@H]1[C@H]1C(=O)N(c3ccc(Cl)cc3Cl)C(=O)[C@@H]12. The van der Waals surface area contributed by atoms with Gasteiger partial charge in [-0.1, -0.05) is 46.5 Å². The first-order chi connectivity index (χ1) is 10.9. The Bertz CT molecular complexity index is 773. The third-order valence-electron chi connectivity index (χ3n) is 5.14. The Labute approximate surface area is 144 Å². The fourth-order valence-corrected chi connectivity index (χ4v) is 4.82. The molecule has 23 heavy (non-hydrogen) atoms. The lowest BCUT2D eigenvalue weighted by Crippen LogP contribution is -2.33. The predicted molar refractivity (Wildman–Crippen MR) is 90.4 cm³/mol. The molecule has 5 heteroatoms. The predicted octanol–water partition coefficient (Wildman–Crippen LogP) is 4.25. The Morgan fingerprint density at radius 3 is 2.04 bits per heavy atom. The summed E-state index contributed by atoms with van der Waals surface area (Å²) < 4.78 is 0. The van der Waals surface area contributed by atoms with E-state index in [0.717, 1.165) is 0 Å². The number of carbonyl (C=O) groups excluding carboxylic acids is 2. The van der Waals surface area contributed by atoms with Gasteiger partial charge in [0.2, 0.25) is 11.8 Å². The average Bonchev–Trinajstić information content (AvgIpc) is 3.11. The molecule has 2 bridgehead atoms. The van der Waals surface area contributed by atoms with E-state index in [9.17, 15) is 9.59 Å². The van der Waals surface area contributed by atoms with Crippen molar-refractivity contribution in [3.63, 3.8) is 0 Å². The molecule has 0 radical (unpaired) electrons. The maximum absolute atomic E-state index is 12.9. The van der Waals surface area contributed by atoms with Crippen LogP contribution in [0.15, 0.2) is 41.5 Å². The highest BCUT2D eigenvalue weighted by Gasteiger charge is 2.62. The molecule has 1 heterocycles. The minimum absolute atomic E-state index is 0.0440. The number of rotatable bonds is 1. The van der Waals surface area contributed by atoms with Crippen LogP contribution in [-0.2, 0) is 9.59 Å². The van der Waals surface area contributed by atoms with Gasteiger partial charge in [0.25, 0.3) is 0 Å². The fourth-order valence-electron chi connectivity index (χ4n) is 4.33. The Morgan fingerprint density at radius 2 is 1.57 bits per heavy atom. The molecular weight excluding hydrogens is 333 g/mol. The first-order valence-corrected chi connectivity index (χ1v) is 8.36. The lowest BCUT2D eigenvalue weighted by atomic mass is 9.85. The van der Waals surface area contributed by atoms with Gasteiger partial charge in [-0.15, -0.1) is 0 Å². The van der Waals surface area contributed by atoms with E-state index in [1.165, 1.54) is 16.0 Å². The van der Waals surface area contributed by atoms with E-state index >= 15 is 0 Å². The molecule has 118 valence electrons. The van der Waals surface area contributed by atoms with Gasteiger partial charge in [-0.2, -0.15) is 0 Å². The van der Waals surface area contributed by atoms with Gasteiger partial charge in [0.1, 0.15) is 0 Å². The van der Waals surface area contributed by atoms with Crippen molar-refractivity contribution in [1.29, 1.82) is 0 Å². The number of nitrogens with zero attached hydrogens (tertiary/aromatic N) is 1. The lowest BCUT2D eigenvalue weighted by molar-refractivity contribution is -0.122. The topological polar surface area (TPSA) is 37.4 Å². The standard InChI is InChI=1S/C18H15Cl2NO2/c1-8(2)14-10-4-5-11(14)16-15(10)17(22)21(18(16)23)13-6-3-9(19)7-12(13)20/h3-7,10-11,15-16H,1-2H3/t10-,11+,15-,16-/m1/s1. The van der Waals surface area contributed by atoms with Crippen LogP contribution in [0.4, 0.5) is 5.69 Å². The molecule has 3 aliphatic rings. The van der Waals surface area contributed by atoms with Crippen LogP contribution in [0.5, 0.6) is 0 Å². The van der Waals surface area contributed by atoms with E-state index in [1.54, 1.807) is 18.2 Å².